The van der Waals surface area contributed by atoms with Gasteiger partial charge in [-0.15, -0.1) is 0 Å². The minimum atomic E-state index is 0.158. The zero-order valence-corrected chi connectivity index (χ0v) is 19.6. The normalized spacial score (nSPS) is 14.1. The van der Waals surface area contributed by atoms with E-state index in [-0.39, 0.29) is 5.95 Å². The number of nitrogen functional groups attached to an aromatic ring is 3. The molecule has 8 nitrogen and oxygen atoms in total. The van der Waals surface area contributed by atoms with Crippen molar-refractivity contribution in [3.63, 3.8) is 0 Å². The molecule has 1 aromatic heterocycles. The van der Waals surface area contributed by atoms with E-state index in [4.69, 9.17) is 31.4 Å². The minimum Gasteiger partial charge on any atom is -0.493 e. The fourth-order valence-corrected chi connectivity index (χ4v) is 4.27. The number of nitrogens with two attached hydrogens (primary N) is 3. The monoisotopic (exact) mass is 463 g/mol. The SMILES string of the molecule is CCOc1cc(Cc2cnc(N)nc2N)cc(OCCC2CCOCC2)c1-c1cccc(N)c1. The van der Waals surface area contributed by atoms with Crippen LogP contribution in [0.25, 0.3) is 11.1 Å². The van der Waals surface area contributed by atoms with Crippen molar-refractivity contribution in [2.24, 2.45) is 5.92 Å². The maximum absolute atomic E-state index is 6.40. The van der Waals surface area contributed by atoms with Crippen LogP contribution in [0.5, 0.6) is 11.5 Å². The molecule has 0 bridgehead atoms. The zero-order valence-electron chi connectivity index (χ0n) is 19.6. The molecule has 8 heteroatoms. The van der Waals surface area contributed by atoms with E-state index in [0.717, 1.165) is 66.2 Å². The first-order chi connectivity index (χ1) is 16.5. The molecule has 0 aliphatic carbocycles. The summed E-state index contributed by atoms with van der Waals surface area (Å²) in [4.78, 5) is 8.18. The van der Waals surface area contributed by atoms with Crippen molar-refractivity contribution in [3.8, 4) is 22.6 Å². The van der Waals surface area contributed by atoms with Gasteiger partial charge in [-0.2, -0.15) is 4.98 Å². The third kappa shape index (κ3) is 5.88. The van der Waals surface area contributed by atoms with E-state index < -0.39 is 0 Å². The number of hydrogen-bond donors (Lipinski definition) is 3. The lowest BCUT2D eigenvalue weighted by molar-refractivity contribution is 0.0593. The maximum atomic E-state index is 6.40. The van der Waals surface area contributed by atoms with Crippen LogP contribution in [0.15, 0.2) is 42.6 Å². The summed E-state index contributed by atoms with van der Waals surface area (Å²) in [7, 11) is 0. The number of aromatic nitrogens is 2. The third-order valence-electron chi connectivity index (χ3n) is 6.04. The lowest BCUT2D eigenvalue weighted by Crippen LogP contribution is -2.18. The number of rotatable bonds is 9. The second kappa shape index (κ2) is 11.1. The van der Waals surface area contributed by atoms with E-state index in [9.17, 15) is 0 Å². The topological polar surface area (TPSA) is 132 Å². The van der Waals surface area contributed by atoms with Crippen molar-refractivity contribution in [2.75, 3.05) is 43.6 Å². The molecular formula is C26H33N5O3. The van der Waals surface area contributed by atoms with Gasteiger partial charge < -0.3 is 31.4 Å². The Morgan fingerprint density at radius 3 is 2.50 bits per heavy atom. The molecule has 2 aromatic carbocycles. The average molecular weight is 464 g/mol. The van der Waals surface area contributed by atoms with E-state index in [1.807, 2.05) is 43.3 Å². The van der Waals surface area contributed by atoms with Crippen molar-refractivity contribution in [1.82, 2.24) is 9.97 Å². The molecule has 1 aliphatic heterocycles. The van der Waals surface area contributed by atoms with Crippen molar-refractivity contribution < 1.29 is 14.2 Å². The molecule has 0 unspecified atom stereocenters. The molecule has 34 heavy (non-hydrogen) atoms. The molecular weight excluding hydrogens is 430 g/mol. The van der Waals surface area contributed by atoms with Gasteiger partial charge in [0.25, 0.3) is 0 Å². The van der Waals surface area contributed by atoms with Crippen LogP contribution in [0.1, 0.15) is 37.3 Å². The predicted molar refractivity (Wildman–Crippen MR) is 135 cm³/mol. The molecule has 180 valence electrons. The van der Waals surface area contributed by atoms with Crippen LogP contribution in [0.4, 0.5) is 17.5 Å². The summed E-state index contributed by atoms with van der Waals surface area (Å²) in [5.74, 6) is 2.64. The molecule has 3 aromatic rings. The summed E-state index contributed by atoms with van der Waals surface area (Å²) in [6, 6.07) is 11.8. The van der Waals surface area contributed by atoms with Crippen LogP contribution in [0.3, 0.4) is 0 Å². The van der Waals surface area contributed by atoms with Crippen LogP contribution < -0.4 is 26.7 Å². The first-order valence-electron chi connectivity index (χ1n) is 11.8. The molecule has 2 heterocycles. The van der Waals surface area contributed by atoms with Crippen LogP contribution in [-0.2, 0) is 11.2 Å². The number of hydrogen-bond acceptors (Lipinski definition) is 8. The average Bonchev–Trinajstić information content (AvgIpc) is 2.82. The quantitative estimate of drug-likeness (QED) is 0.405. The number of ether oxygens (including phenoxy) is 3. The summed E-state index contributed by atoms with van der Waals surface area (Å²) in [6.45, 7) is 4.76. The molecule has 1 fully saturated rings. The van der Waals surface area contributed by atoms with Gasteiger partial charge in [-0.3, -0.25) is 0 Å². The van der Waals surface area contributed by atoms with E-state index in [1.165, 1.54) is 0 Å². The highest BCUT2D eigenvalue weighted by molar-refractivity contribution is 5.79. The van der Waals surface area contributed by atoms with Gasteiger partial charge in [-0.05, 0) is 67.5 Å². The first kappa shape index (κ1) is 23.6. The second-order valence-corrected chi connectivity index (χ2v) is 8.53. The molecule has 1 saturated heterocycles. The Labute approximate surface area is 200 Å². The van der Waals surface area contributed by atoms with Crippen LogP contribution in [0, 0.1) is 5.92 Å². The zero-order chi connectivity index (χ0) is 23.9. The van der Waals surface area contributed by atoms with Gasteiger partial charge in [0.2, 0.25) is 5.95 Å². The third-order valence-corrected chi connectivity index (χ3v) is 6.04. The minimum absolute atomic E-state index is 0.158. The highest BCUT2D eigenvalue weighted by atomic mass is 16.5. The largest absolute Gasteiger partial charge is 0.493 e. The van der Waals surface area contributed by atoms with Crippen LogP contribution >= 0.6 is 0 Å². The molecule has 0 radical (unpaired) electrons. The lowest BCUT2D eigenvalue weighted by atomic mass is 9.96. The molecule has 4 rings (SSSR count). The number of anilines is 3. The van der Waals surface area contributed by atoms with E-state index >= 15 is 0 Å². The number of benzene rings is 2. The molecule has 0 atom stereocenters. The van der Waals surface area contributed by atoms with Gasteiger partial charge in [-0.1, -0.05) is 12.1 Å². The smallest absolute Gasteiger partial charge is 0.221 e. The fourth-order valence-electron chi connectivity index (χ4n) is 4.27. The van der Waals surface area contributed by atoms with Crippen molar-refractivity contribution in [3.05, 3.63) is 53.7 Å². The van der Waals surface area contributed by atoms with Gasteiger partial charge in [0.1, 0.15) is 17.3 Å². The Morgan fingerprint density at radius 1 is 1.03 bits per heavy atom. The Hall–Kier alpha value is -3.52. The summed E-state index contributed by atoms with van der Waals surface area (Å²) in [5, 5.41) is 0. The second-order valence-electron chi connectivity index (χ2n) is 8.53. The Bertz CT molecular complexity index is 1120. The molecule has 0 spiro atoms. The maximum Gasteiger partial charge on any atom is 0.221 e. The van der Waals surface area contributed by atoms with Gasteiger partial charge in [0.05, 0.1) is 18.8 Å². The van der Waals surface area contributed by atoms with Crippen molar-refractivity contribution in [1.29, 1.82) is 0 Å². The van der Waals surface area contributed by atoms with E-state index in [1.54, 1.807) is 6.20 Å². The highest BCUT2D eigenvalue weighted by Crippen LogP contribution is 2.41. The summed E-state index contributed by atoms with van der Waals surface area (Å²) in [5.41, 5.74) is 22.2. The predicted octanol–water partition coefficient (Wildman–Crippen LogP) is 4.08. The lowest BCUT2D eigenvalue weighted by Gasteiger charge is -2.23. The van der Waals surface area contributed by atoms with Gasteiger partial charge in [-0.25, -0.2) is 4.98 Å². The standard InChI is InChI=1S/C26H33N5O3/c1-2-33-22-13-18(12-20-16-30-26(29)31-25(20)28)14-23(24(22)19-4-3-5-21(27)15-19)34-11-8-17-6-9-32-10-7-17/h3-5,13-17H,2,6-12,27H2,1H3,(H4,28,29,30,31). The Balaban J connectivity index is 1.68. The van der Waals surface area contributed by atoms with Gasteiger partial charge in [0, 0.05) is 37.1 Å². The van der Waals surface area contributed by atoms with Crippen LogP contribution in [0.2, 0.25) is 0 Å². The van der Waals surface area contributed by atoms with Gasteiger partial charge in [0.15, 0.2) is 0 Å². The first-order valence-corrected chi connectivity index (χ1v) is 11.8. The Kier molecular flexibility index (Phi) is 7.69. The van der Waals surface area contributed by atoms with Gasteiger partial charge >= 0.3 is 0 Å². The molecule has 6 N–H and O–H groups in total. The summed E-state index contributed by atoms with van der Waals surface area (Å²) < 4.78 is 18.0. The molecule has 0 saturated carbocycles. The van der Waals surface area contributed by atoms with E-state index in [0.29, 0.717) is 37.1 Å². The molecule has 1 aliphatic rings. The summed E-state index contributed by atoms with van der Waals surface area (Å²) >= 11 is 0. The van der Waals surface area contributed by atoms with Crippen molar-refractivity contribution >= 4 is 17.5 Å². The Morgan fingerprint density at radius 2 is 1.79 bits per heavy atom. The van der Waals surface area contributed by atoms with Crippen molar-refractivity contribution in [2.45, 2.75) is 32.6 Å². The molecule has 0 amide bonds. The number of nitrogens with zero attached hydrogens (tertiary/aromatic N) is 2. The summed E-state index contributed by atoms with van der Waals surface area (Å²) in [6.07, 6.45) is 5.32. The van der Waals surface area contributed by atoms with E-state index in [2.05, 4.69) is 9.97 Å². The fraction of sp³-hybridized carbons (Fsp3) is 0.385. The van der Waals surface area contributed by atoms with Crippen LogP contribution in [-0.4, -0.2) is 36.4 Å². The highest BCUT2D eigenvalue weighted by Gasteiger charge is 2.19.